The lowest BCUT2D eigenvalue weighted by Crippen LogP contribution is -2.64. The predicted molar refractivity (Wildman–Crippen MR) is 328 cm³/mol. The van der Waals surface area contributed by atoms with Crippen LogP contribution in [0.1, 0.15) is 58.3 Å². The fourth-order valence-corrected chi connectivity index (χ4v) is 8.63. The Morgan fingerprint density at radius 1 is 0.548 bits per heavy atom. The van der Waals surface area contributed by atoms with Crippen molar-refractivity contribution in [3.8, 4) is 0 Å². The SMILES string of the molecule is C[C@@H]1NC(=O)[C@@H](N)CNC(=O)[C@H]([C@H]2CCN=C(N)N2)NC(=O)/C(=C\NC(N)=O)NC(=O)C(CNC(=O)C[C@@H](N)CCCN)NC1=O.NCCC[C@H](N)CC(=O)NCC1NC(=O)[C@H](CO)NC(=O)[C@@H](N)CNC(=O)C([C@H]2CCN=C(N)N2)NC(=O)/C(=C\NC(N)=O)NC1=O. The van der Waals surface area contributed by atoms with E-state index < -0.39 is 193 Å². The number of amides is 16. The summed E-state index contributed by atoms with van der Waals surface area (Å²) in [5.74, 6) is -10.7. The maximum absolute atomic E-state index is 13.5. The molecule has 0 aliphatic carbocycles. The number of aliphatic hydroxyl groups excluding tert-OH is 1. The van der Waals surface area contributed by atoms with Gasteiger partial charge in [0.15, 0.2) is 11.9 Å². The smallest absolute Gasteiger partial charge is 0.316 e. The van der Waals surface area contributed by atoms with Crippen molar-refractivity contribution in [3.05, 3.63) is 23.8 Å². The molecule has 0 bridgehead atoms. The minimum Gasteiger partial charge on any atom is -0.394 e. The Bertz CT molecular complexity index is 2840. The summed E-state index contributed by atoms with van der Waals surface area (Å²) in [6, 6.07) is -16.3. The van der Waals surface area contributed by atoms with Crippen LogP contribution >= 0.6 is 0 Å². The standard InChI is InChI=1S/C25H44N14O8.C25H44N14O7/c26-4-1-2-11(27)6-17(41)32-8-14-20(43)35-15(9-34-25(30)47)21(44)39-18(13-3-5-31-24(29)38-13)23(46)33-7-12(28)19(42)37-16(10-40)22(45)36-14;1-11-19(41)36-15(9-32-17(40)7-12(27)3-2-5-26)21(43)37-16(10-34-25(30)46)22(44)39-18(14-4-6-31-24(29)38-14)23(45)33-8-13(28)20(42)35-11/h9,11-14,16,18,40H,1-8,10,26-28H2,(H,32,41)(H,33,46)(H,35,43)(H,36,45)(H,37,42)(H,39,44)(H3,29,31,38)(H3,30,34,47);10-15,18H,2-9,26-28H2,1H3,(H,32,40)(H,33,45)(H,35,42)(H,36,41)(H,37,43)(H,39,44)(H3,29,31,38)(H3,30,34,46)/b15-9+;16-10+/t11-,12-,13+,14?,16-,18?;11-,12-,13-,14+,15?,18-/m00/s1. The van der Waals surface area contributed by atoms with E-state index in [1.807, 2.05) is 5.32 Å². The van der Waals surface area contributed by atoms with Crippen molar-refractivity contribution >= 4 is 94.9 Å². The first-order valence-electron chi connectivity index (χ1n) is 29.2. The van der Waals surface area contributed by atoms with Crippen molar-refractivity contribution in [2.45, 2.75) is 131 Å². The molecular formula is C50H88N28O15. The number of hydrogen-bond acceptors (Lipinski definition) is 27. The van der Waals surface area contributed by atoms with Crippen LogP contribution in [0, 0.1) is 0 Å². The number of aliphatic imine (C=N–C) groups is 2. The van der Waals surface area contributed by atoms with Crippen LogP contribution < -0.4 is 142 Å². The van der Waals surface area contributed by atoms with Gasteiger partial charge in [0.25, 0.3) is 11.8 Å². The first-order valence-corrected chi connectivity index (χ1v) is 29.2. The van der Waals surface area contributed by atoms with E-state index >= 15 is 0 Å². The normalized spacial score (nSPS) is 26.5. The van der Waals surface area contributed by atoms with Gasteiger partial charge in [-0.2, -0.15) is 0 Å². The zero-order chi connectivity index (χ0) is 69.5. The lowest BCUT2D eigenvalue weighted by molar-refractivity contribution is -0.134. The molecule has 37 N–H and O–H groups in total. The van der Waals surface area contributed by atoms with E-state index in [0.29, 0.717) is 38.8 Å². The molecule has 0 spiro atoms. The number of rotatable bonds is 19. The van der Waals surface area contributed by atoms with E-state index in [-0.39, 0.29) is 57.2 Å². The lowest BCUT2D eigenvalue weighted by atomic mass is 10.0. The summed E-state index contributed by atoms with van der Waals surface area (Å²) in [6.07, 6.45) is 3.86. The number of hydrogen-bond donors (Lipinski definition) is 27. The van der Waals surface area contributed by atoms with Gasteiger partial charge in [-0.1, -0.05) is 0 Å². The van der Waals surface area contributed by atoms with Gasteiger partial charge in [0.1, 0.15) is 59.7 Å². The molecule has 12 atom stereocenters. The average Bonchev–Trinajstić information content (AvgIpc) is 0.943. The number of nitrogens with zero attached hydrogens (tertiary/aromatic N) is 2. The molecule has 0 aromatic carbocycles. The Morgan fingerprint density at radius 2 is 0.935 bits per heavy atom. The van der Waals surface area contributed by atoms with Gasteiger partial charge in [0.05, 0.1) is 18.7 Å². The van der Waals surface area contributed by atoms with Gasteiger partial charge < -0.3 is 148 Å². The molecule has 2 fully saturated rings. The van der Waals surface area contributed by atoms with Crippen molar-refractivity contribution in [1.29, 1.82) is 0 Å². The van der Waals surface area contributed by atoms with Crippen LogP contribution in [-0.4, -0.2) is 231 Å². The first kappa shape index (κ1) is 77.2. The van der Waals surface area contributed by atoms with Crippen molar-refractivity contribution in [3.63, 3.8) is 0 Å². The highest BCUT2D eigenvalue weighted by atomic mass is 16.3. The second kappa shape index (κ2) is 39.2. The molecule has 0 radical (unpaired) electrons. The molecule has 0 aromatic rings. The highest BCUT2D eigenvalue weighted by Crippen LogP contribution is 2.10. The van der Waals surface area contributed by atoms with Gasteiger partial charge in [-0.15, -0.1) is 0 Å². The molecule has 93 heavy (non-hydrogen) atoms. The van der Waals surface area contributed by atoms with Crippen LogP contribution in [0.2, 0.25) is 0 Å². The summed E-state index contributed by atoms with van der Waals surface area (Å²) in [5, 5.41) is 48.1. The van der Waals surface area contributed by atoms with Gasteiger partial charge in [0.2, 0.25) is 59.1 Å². The van der Waals surface area contributed by atoms with Crippen molar-refractivity contribution < 1.29 is 72.2 Å². The third kappa shape index (κ3) is 27.5. The molecule has 43 heteroatoms. The zero-order valence-electron chi connectivity index (χ0n) is 50.9. The predicted octanol–water partition coefficient (Wildman–Crippen LogP) is -15.4. The quantitative estimate of drug-likeness (QED) is 0.0534. The average molecular weight is 1320 g/mol. The topological polar surface area (TPSA) is 737 Å². The van der Waals surface area contributed by atoms with E-state index in [2.05, 4.69) is 89.7 Å². The van der Waals surface area contributed by atoms with E-state index in [0.717, 1.165) is 12.4 Å². The first-order chi connectivity index (χ1) is 44.0. The number of guanidine groups is 2. The van der Waals surface area contributed by atoms with Gasteiger partial charge in [0, 0.05) is 76.6 Å². The molecule has 4 aliphatic rings. The fraction of sp³-hybridized carbons (Fsp3) is 0.600. The summed E-state index contributed by atoms with van der Waals surface area (Å²) in [7, 11) is 0. The highest BCUT2D eigenvalue weighted by Gasteiger charge is 2.38. The van der Waals surface area contributed by atoms with Crippen LogP contribution in [-0.2, 0) is 57.5 Å². The maximum Gasteiger partial charge on any atom is 0.316 e. The van der Waals surface area contributed by atoms with Crippen LogP contribution in [0.25, 0.3) is 0 Å². The molecule has 0 saturated carbocycles. The Kier molecular flexibility index (Phi) is 32.6. The molecule has 0 aromatic heterocycles. The number of carbonyl (C=O) groups excluding carboxylic acids is 14. The van der Waals surface area contributed by atoms with E-state index in [9.17, 15) is 72.2 Å². The Labute approximate surface area is 531 Å². The minimum atomic E-state index is -1.63. The van der Waals surface area contributed by atoms with Gasteiger partial charge >= 0.3 is 12.1 Å². The van der Waals surface area contributed by atoms with Crippen molar-refractivity contribution in [1.82, 2.24) is 85.1 Å². The van der Waals surface area contributed by atoms with Gasteiger partial charge in [-0.25, -0.2) is 9.59 Å². The molecule has 4 rings (SSSR count). The van der Waals surface area contributed by atoms with Crippen molar-refractivity contribution in [2.24, 2.45) is 67.3 Å². The van der Waals surface area contributed by atoms with Crippen LogP contribution in [0.4, 0.5) is 9.59 Å². The van der Waals surface area contributed by atoms with Gasteiger partial charge in [-0.05, 0) is 58.5 Å². The third-order valence-electron chi connectivity index (χ3n) is 13.7. The van der Waals surface area contributed by atoms with Crippen molar-refractivity contribution in [2.75, 3.05) is 59.0 Å². The van der Waals surface area contributed by atoms with E-state index in [4.69, 9.17) is 57.3 Å². The Balaban J connectivity index is 0.000000485. The number of nitrogens with two attached hydrogens (primary N) is 10. The minimum absolute atomic E-state index is 0.0101. The molecule has 2 saturated heterocycles. The number of aliphatic hydroxyl groups is 1. The number of urea groups is 2. The molecule has 4 heterocycles. The van der Waals surface area contributed by atoms with Gasteiger partial charge in [-0.3, -0.25) is 67.5 Å². The van der Waals surface area contributed by atoms with E-state index in [1.54, 1.807) is 0 Å². The summed E-state index contributed by atoms with van der Waals surface area (Å²) in [6.45, 7) is -0.284. The van der Waals surface area contributed by atoms with E-state index in [1.165, 1.54) is 6.92 Å². The fourth-order valence-electron chi connectivity index (χ4n) is 8.63. The molecule has 16 amide bonds. The monoisotopic (exact) mass is 1320 g/mol. The third-order valence-corrected chi connectivity index (χ3v) is 13.7. The molecule has 3 unspecified atom stereocenters. The van der Waals surface area contributed by atoms with Crippen LogP contribution in [0.5, 0.6) is 0 Å². The summed E-state index contributed by atoms with van der Waals surface area (Å²) in [5.41, 5.74) is 55.2. The highest BCUT2D eigenvalue weighted by molar-refractivity contribution is 6.04. The maximum atomic E-state index is 13.5. The summed E-state index contributed by atoms with van der Waals surface area (Å²) in [4.78, 5) is 188. The lowest BCUT2D eigenvalue weighted by Gasteiger charge is -2.31. The largest absolute Gasteiger partial charge is 0.394 e. The molecule has 518 valence electrons. The Morgan fingerprint density at radius 3 is 1.31 bits per heavy atom. The summed E-state index contributed by atoms with van der Waals surface area (Å²) >= 11 is 0. The second-order valence-corrected chi connectivity index (χ2v) is 21.3. The van der Waals surface area contributed by atoms with Crippen LogP contribution in [0.15, 0.2) is 33.8 Å². The van der Waals surface area contributed by atoms with Crippen LogP contribution in [0.3, 0.4) is 0 Å². The molecular weight excluding hydrogens is 1230 g/mol. The molecule has 4 aliphatic heterocycles. The number of primary amides is 2. The number of nitrogens with one attached hydrogen (secondary N) is 16. The molecule has 43 nitrogen and oxygen atoms in total. The second-order valence-electron chi connectivity index (χ2n) is 21.3. The number of carbonyl (C=O) groups is 14. The zero-order valence-corrected chi connectivity index (χ0v) is 50.9. The summed E-state index contributed by atoms with van der Waals surface area (Å²) < 4.78 is 0. The Hall–Kier alpha value is -10.1.